The van der Waals surface area contributed by atoms with Crippen LogP contribution in [-0.4, -0.2) is 29.2 Å². The number of halogens is 1. The number of aliphatic carboxylic acids is 1. The molecule has 0 radical (unpaired) electrons. The van der Waals surface area contributed by atoms with Crippen LogP contribution >= 0.6 is 12.4 Å². The Balaban J connectivity index is 0. The van der Waals surface area contributed by atoms with Crippen LogP contribution in [0.2, 0.25) is 0 Å². The molecule has 0 aromatic heterocycles. The highest BCUT2D eigenvalue weighted by atomic mass is 35.5. The van der Waals surface area contributed by atoms with Crippen LogP contribution in [0.25, 0.3) is 0 Å². The van der Waals surface area contributed by atoms with Crippen molar-refractivity contribution in [3.05, 3.63) is 0 Å². The molecule has 0 fully saturated rings. The predicted molar refractivity (Wildman–Crippen MR) is 44.1 cm³/mol. The first-order valence-corrected chi connectivity index (χ1v) is 3.12. The number of carbonyl (C=O) groups is 2. The highest BCUT2D eigenvalue weighted by Gasteiger charge is 2.38. The standard InChI is InChI=1S/C6H11NO4.ClH/c1-3-11-5(10)6(2,7)4(8)9;/h3,7H2,1-2H3,(H,8,9);1H/t6-;/m1./s1. The molecule has 0 rings (SSSR count). The molecule has 0 spiro atoms. The van der Waals surface area contributed by atoms with E-state index in [1.807, 2.05) is 0 Å². The molecule has 6 heteroatoms. The van der Waals surface area contributed by atoms with Crippen molar-refractivity contribution >= 4 is 24.3 Å². The van der Waals surface area contributed by atoms with E-state index < -0.39 is 17.5 Å². The second-order valence-electron chi connectivity index (χ2n) is 2.23. The molecule has 0 amide bonds. The van der Waals surface area contributed by atoms with Gasteiger partial charge in [0.2, 0.25) is 5.54 Å². The number of carbonyl (C=O) groups excluding carboxylic acids is 1. The highest BCUT2D eigenvalue weighted by Crippen LogP contribution is 2.01. The summed E-state index contributed by atoms with van der Waals surface area (Å²) in [6.07, 6.45) is 0. The summed E-state index contributed by atoms with van der Waals surface area (Å²) in [6, 6.07) is 0. The second kappa shape index (κ2) is 4.95. The van der Waals surface area contributed by atoms with E-state index >= 15 is 0 Å². The maximum absolute atomic E-state index is 10.8. The molecule has 1 atom stereocenters. The summed E-state index contributed by atoms with van der Waals surface area (Å²) in [5, 5.41) is 8.41. The minimum absolute atomic E-state index is 0. The lowest BCUT2D eigenvalue weighted by Crippen LogP contribution is -2.53. The largest absolute Gasteiger partial charge is 0.479 e. The van der Waals surface area contributed by atoms with Crippen LogP contribution in [0.1, 0.15) is 13.8 Å². The minimum Gasteiger partial charge on any atom is -0.479 e. The van der Waals surface area contributed by atoms with Gasteiger partial charge in [0.15, 0.2) is 0 Å². The number of hydrogen-bond acceptors (Lipinski definition) is 4. The Morgan fingerprint density at radius 1 is 1.58 bits per heavy atom. The van der Waals surface area contributed by atoms with Crippen LogP contribution in [0, 0.1) is 0 Å². The third-order valence-corrected chi connectivity index (χ3v) is 1.14. The van der Waals surface area contributed by atoms with Crippen LogP contribution < -0.4 is 5.73 Å². The summed E-state index contributed by atoms with van der Waals surface area (Å²) in [5.41, 5.74) is 3.18. The van der Waals surface area contributed by atoms with Gasteiger partial charge in [0.25, 0.3) is 0 Å². The molecule has 12 heavy (non-hydrogen) atoms. The van der Waals surface area contributed by atoms with Crippen LogP contribution in [0.5, 0.6) is 0 Å². The summed E-state index contributed by atoms with van der Waals surface area (Å²) in [7, 11) is 0. The van der Waals surface area contributed by atoms with Crippen LogP contribution in [-0.2, 0) is 14.3 Å². The first-order valence-electron chi connectivity index (χ1n) is 3.12. The van der Waals surface area contributed by atoms with Crippen molar-refractivity contribution in [1.29, 1.82) is 0 Å². The third kappa shape index (κ3) is 3.06. The Hall–Kier alpha value is -0.810. The van der Waals surface area contributed by atoms with E-state index in [-0.39, 0.29) is 19.0 Å². The molecule has 0 aromatic carbocycles. The van der Waals surface area contributed by atoms with Gasteiger partial charge in [-0.3, -0.25) is 0 Å². The SMILES string of the molecule is CCOC(=O)[C@](C)(N)C(=O)O.Cl. The Morgan fingerprint density at radius 3 is 2.25 bits per heavy atom. The number of rotatable bonds is 3. The molecule has 0 aliphatic carbocycles. The maximum atomic E-state index is 10.8. The normalized spacial score (nSPS) is 13.9. The molecular formula is C6H12ClNO4. The molecular weight excluding hydrogens is 186 g/mol. The van der Waals surface area contributed by atoms with Crippen molar-refractivity contribution in [2.75, 3.05) is 6.61 Å². The van der Waals surface area contributed by atoms with Gasteiger partial charge in [-0.1, -0.05) is 0 Å². The van der Waals surface area contributed by atoms with E-state index in [1.54, 1.807) is 6.92 Å². The summed E-state index contributed by atoms with van der Waals surface area (Å²) in [5.74, 6) is -2.32. The third-order valence-electron chi connectivity index (χ3n) is 1.14. The maximum Gasteiger partial charge on any atom is 0.337 e. The number of hydrogen-bond donors (Lipinski definition) is 2. The average molecular weight is 198 g/mol. The van der Waals surface area contributed by atoms with Crippen molar-refractivity contribution < 1.29 is 19.4 Å². The average Bonchev–Trinajstić information content (AvgIpc) is 1.88. The molecule has 5 nitrogen and oxygen atoms in total. The molecule has 0 aliphatic heterocycles. The summed E-state index contributed by atoms with van der Waals surface area (Å²) in [4.78, 5) is 21.1. The van der Waals surface area contributed by atoms with E-state index in [4.69, 9.17) is 10.8 Å². The minimum atomic E-state index is -1.93. The molecule has 0 aromatic rings. The summed E-state index contributed by atoms with van der Waals surface area (Å²) >= 11 is 0. The Morgan fingerprint density at radius 2 is 2.00 bits per heavy atom. The molecule has 72 valence electrons. The van der Waals surface area contributed by atoms with Crippen molar-refractivity contribution in [2.45, 2.75) is 19.4 Å². The Kier molecular flexibility index (Phi) is 5.67. The lowest BCUT2D eigenvalue weighted by molar-refractivity contribution is -0.159. The van der Waals surface area contributed by atoms with Crippen LogP contribution in [0.3, 0.4) is 0 Å². The zero-order valence-corrected chi connectivity index (χ0v) is 7.68. The monoisotopic (exact) mass is 197 g/mol. The lowest BCUT2D eigenvalue weighted by atomic mass is 10.1. The smallest absolute Gasteiger partial charge is 0.337 e. The van der Waals surface area contributed by atoms with Gasteiger partial charge in [0.05, 0.1) is 6.61 Å². The molecule has 0 bridgehead atoms. The first-order chi connectivity index (χ1) is 4.92. The zero-order valence-electron chi connectivity index (χ0n) is 6.86. The van der Waals surface area contributed by atoms with E-state index in [9.17, 15) is 9.59 Å². The predicted octanol–water partition coefficient (Wildman–Crippen LogP) is -0.227. The van der Waals surface area contributed by atoms with Gasteiger partial charge in [-0.2, -0.15) is 0 Å². The molecule has 0 unspecified atom stereocenters. The fourth-order valence-corrected chi connectivity index (χ4v) is 0.368. The van der Waals surface area contributed by atoms with Gasteiger partial charge in [0.1, 0.15) is 0 Å². The van der Waals surface area contributed by atoms with Crippen molar-refractivity contribution in [1.82, 2.24) is 0 Å². The lowest BCUT2D eigenvalue weighted by Gasteiger charge is -2.16. The van der Waals surface area contributed by atoms with Gasteiger partial charge in [-0.15, -0.1) is 12.4 Å². The molecule has 0 saturated heterocycles. The van der Waals surface area contributed by atoms with Crippen molar-refractivity contribution in [3.8, 4) is 0 Å². The number of carboxylic acid groups (broad SMARTS) is 1. The summed E-state index contributed by atoms with van der Waals surface area (Å²) in [6.45, 7) is 2.79. The number of carboxylic acids is 1. The van der Waals surface area contributed by atoms with Gasteiger partial charge in [-0.05, 0) is 13.8 Å². The molecule has 3 N–H and O–H groups in total. The van der Waals surface area contributed by atoms with Gasteiger partial charge < -0.3 is 15.6 Å². The first kappa shape index (κ1) is 13.8. The van der Waals surface area contributed by atoms with E-state index in [2.05, 4.69) is 4.74 Å². The topological polar surface area (TPSA) is 89.6 Å². The number of ether oxygens (including phenoxy) is 1. The van der Waals surface area contributed by atoms with Crippen molar-refractivity contribution in [3.63, 3.8) is 0 Å². The van der Waals surface area contributed by atoms with Gasteiger partial charge in [-0.25, -0.2) is 9.59 Å². The van der Waals surface area contributed by atoms with Gasteiger partial charge in [0, 0.05) is 0 Å². The second-order valence-corrected chi connectivity index (χ2v) is 2.23. The van der Waals surface area contributed by atoms with Crippen molar-refractivity contribution in [2.24, 2.45) is 5.73 Å². The Bertz CT molecular complexity index is 180. The fraction of sp³-hybridized carbons (Fsp3) is 0.667. The fourth-order valence-electron chi connectivity index (χ4n) is 0.368. The molecule has 0 heterocycles. The molecule has 0 aliphatic rings. The van der Waals surface area contributed by atoms with E-state index in [1.165, 1.54) is 0 Å². The number of nitrogens with two attached hydrogens (primary N) is 1. The number of esters is 1. The van der Waals surface area contributed by atoms with Gasteiger partial charge >= 0.3 is 11.9 Å². The van der Waals surface area contributed by atoms with E-state index in [0.29, 0.717) is 0 Å². The zero-order chi connectivity index (χ0) is 9.07. The van der Waals surface area contributed by atoms with E-state index in [0.717, 1.165) is 6.92 Å². The van der Waals surface area contributed by atoms with Crippen LogP contribution in [0.4, 0.5) is 0 Å². The summed E-state index contributed by atoms with van der Waals surface area (Å²) < 4.78 is 4.42. The highest BCUT2D eigenvalue weighted by molar-refractivity contribution is 6.03. The molecule has 0 saturated carbocycles. The Labute approximate surface area is 76.3 Å². The van der Waals surface area contributed by atoms with Crippen LogP contribution in [0.15, 0.2) is 0 Å². The quantitative estimate of drug-likeness (QED) is 0.482.